The molecule has 0 aliphatic heterocycles. The maximum Gasteiger partial charge on any atom is 0.163 e. The molecular formula is C14H15ClN2O. The molecule has 3 nitrogen and oxygen atoms in total. The fourth-order valence-corrected chi connectivity index (χ4v) is 2.14. The summed E-state index contributed by atoms with van der Waals surface area (Å²) in [6.07, 6.45) is 2.71. The van der Waals surface area contributed by atoms with Crippen LogP contribution < -0.4 is 0 Å². The van der Waals surface area contributed by atoms with Crippen LogP contribution in [0.5, 0.6) is 0 Å². The van der Waals surface area contributed by atoms with Gasteiger partial charge in [-0.15, -0.1) is 0 Å². The Kier molecular flexibility index (Phi) is 4.15. The molecule has 18 heavy (non-hydrogen) atoms. The number of ketones is 1. The molecule has 0 fully saturated rings. The van der Waals surface area contributed by atoms with Crippen LogP contribution in [-0.2, 0) is 13.0 Å². The summed E-state index contributed by atoms with van der Waals surface area (Å²) in [4.78, 5) is 12.0. The molecule has 0 amide bonds. The van der Waals surface area contributed by atoms with E-state index in [4.69, 9.17) is 11.6 Å². The van der Waals surface area contributed by atoms with E-state index in [9.17, 15) is 4.79 Å². The lowest BCUT2D eigenvalue weighted by Crippen LogP contribution is -2.06. The average Bonchev–Trinajstić information content (AvgIpc) is 2.77. The molecule has 1 aromatic carbocycles. The standard InChI is InChI=1S/C14H15ClN2O/c1-2-17-13(12(15)10-16-17)8-9-14(18)11-6-4-3-5-7-11/h3-7,10H,2,8-9H2,1H3. The van der Waals surface area contributed by atoms with E-state index in [1.165, 1.54) is 0 Å². The zero-order valence-corrected chi connectivity index (χ0v) is 11.0. The number of aryl methyl sites for hydroxylation is 1. The second-order valence-electron chi connectivity index (χ2n) is 4.04. The number of benzene rings is 1. The van der Waals surface area contributed by atoms with Gasteiger partial charge in [-0.05, 0) is 13.3 Å². The molecule has 94 valence electrons. The van der Waals surface area contributed by atoms with Crippen LogP contribution in [0.3, 0.4) is 0 Å². The van der Waals surface area contributed by atoms with E-state index in [1.807, 2.05) is 41.9 Å². The Morgan fingerprint density at radius 3 is 2.72 bits per heavy atom. The summed E-state index contributed by atoms with van der Waals surface area (Å²) in [5.41, 5.74) is 1.68. The Morgan fingerprint density at radius 1 is 1.33 bits per heavy atom. The molecule has 0 radical (unpaired) electrons. The highest BCUT2D eigenvalue weighted by atomic mass is 35.5. The first-order chi connectivity index (χ1) is 8.72. The van der Waals surface area contributed by atoms with Crippen molar-refractivity contribution in [3.8, 4) is 0 Å². The van der Waals surface area contributed by atoms with Crippen LogP contribution in [0.1, 0.15) is 29.4 Å². The fourth-order valence-electron chi connectivity index (χ4n) is 1.91. The monoisotopic (exact) mass is 262 g/mol. The van der Waals surface area contributed by atoms with Crippen molar-refractivity contribution in [2.45, 2.75) is 26.3 Å². The maximum absolute atomic E-state index is 12.0. The van der Waals surface area contributed by atoms with Crippen LogP contribution in [-0.4, -0.2) is 15.6 Å². The van der Waals surface area contributed by atoms with E-state index >= 15 is 0 Å². The normalized spacial score (nSPS) is 10.6. The third-order valence-electron chi connectivity index (χ3n) is 2.88. The first-order valence-electron chi connectivity index (χ1n) is 6.00. The lowest BCUT2D eigenvalue weighted by Gasteiger charge is -2.05. The smallest absolute Gasteiger partial charge is 0.163 e. The third kappa shape index (κ3) is 2.79. The molecule has 0 N–H and O–H groups in total. The van der Waals surface area contributed by atoms with Crippen LogP contribution in [0.25, 0.3) is 0 Å². The van der Waals surface area contributed by atoms with Gasteiger partial charge in [0.15, 0.2) is 5.78 Å². The largest absolute Gasteiger partial charge is 0.294 e. The Morgan fingerprint density at radius 2 is 2.06 bits per heavy atom. The number of nitrogens with zero attached hydrogens (tertiary/aromatic N) is 2. The summed E-state index contributed by atoms with van der Waals surface area (Å²) in [5, 5.41) is 4.80. The molecule has 0 saturated heterocycles. The summed E-state index contributed by atoms with van der Waals surface area (Å²) in [5.74, 6) is 0.135. The van der Waals surface area contributed by atoms with Crippen LogP contribution in [0.2, 0.25) is 5.02 Å². The van der Waals surface area contributed by atoms with Gasteiger partial charge in [0.05, 0.1) is 16.9 Å². The molecule has 0 unspecified atom stereocenters. The summed E-state index contributed by atoms with van der Waals surface area (Å²) in [6.45, 7) is 2.77. The number of hydrogen-bond donors (Lipinski definition) is 0. The zero-order valence-electron chi connectivity index (χ0n) is 10.3. The quantitative estimate of drug-likeness (QED) is 0.775. The van der Waals surface area contributed by atoms with Crippen LogP contribution in [0, 0.1) is 0 Å². The van der Waals surface area contributed by atoms with Gasteiger partial charge in [0.1, 0.15) is 0 Å². The Balaban J connectivity index is 2.04. The summed E-state index contributed by atoms with van der Waals surface area (Å²) in [6, 6.07) is 9.31. The summed E-state index contributed by atoms with van der Waals surface area (Å²) < 4.78 is 1.83. The number of Topliss-reactive ketones (excluding diaryl/α,β-unsaturated/α-hetero) is 1. The number of hydrogen-bond acceptors (Lipinski definition) is 2. The van der Waals surface area contributed by atoms with Crippen molar-refractivity contribution >= 4 is 17.4 Å². The lowest BCUT2D eigenvalue weighted by molar-refractivity contribution is 0.0982. The van der Waals surface area contributed by atoms with Crippen molar-refractivity contribution in [3.05, 3.63) is 52.8 Å². The molecule has 0 bridgehead atoms. The van der Waals surface area contributed by atoms with Gasteiger partial charge in [-0.25, -0.2) is 0 Å². The van der Waals surface area contributed by atoms with Gasteiger partial charge >= 0.3 is 0 Å². The molecule has 0 aliphatic rings. The Bertz CT molecular complexity index is 534. The van der Waals surface area contributed by atoms with E-state index in [1.54, 1.807) is 6.20 Å². The highest BCUT2D eigenvalue weighted by Gasteiger charge is 2.11. The number of halogens is 1. The first kappa shape index (κ1) is 12.8. The van der Waals surface area contributed by atoms with Crippen molar-refractivity contribution in [2.75, 3.05) is 0 Å². The average molecular weight is 263 g/mol. The predicted octanol–water partition coefficient (Wildman–Crippen LogP) is 3.37. The second kappa shape index (κ2) is 5.83. The zero-order chi connectivity index (χ0) is 13.0. The molecule has 2 rings (SSSR count). The molecule has 0 spiro atoms. The second-order valence-corrected chi connectivity index (χ2v) is 4.45. The first-order valence-corrected chi connectivity index (χ1v) is 6.38. The molecule has 1 aromatic heterocycles. The van der Waals surface area contributed by atoms with Crippen molar-refractivity contribution in [1.82, 2.24) is 9.78 Å². The van der Waals surface area contributed by atoms with Gasteiger partial charge < -0.3 is 0 Å². The Hall–Kier alpha value is -1.61. The molecule has 2 aromatic rings. The minimum atomic E-state index is 0.135. The molecule has 1 heterocycles. The number of carbonyl (C=O) groups excluding carboxylic acids is 1. The van der Waals surface area contributed by atoms with E-state index in [-0.39, 0.29) is 5.78 Å². The van der Waals surface area contributed by atoms with Gasteiger partial charge in [-0.1, -0.05) is 41.9 Å². The minimum absolute atomic E-state index is 0.135. The number of aromatic nitrogens is 2. The van der Waals surface area contributed by atoms with Crippen LogP contribution in [0.15, 0.2) is 36.5 Å². The third-order valence-corrected chi connectivity index (χ3v) is 3.20. The van der Waals surface area contributed by atoms with Gasteiger partial charge in [0, 0.05) is 18.5 Å². The fraction of sp³-hybridized carbons (Fsp3) is 0.286. The highest BCUT2D eigenvalue weighted by Crippen LogP contribution is 2.17. The summed E-state index contributed by atoms with van der Waals surface area (Å²) in [7, 11) is 0. The molecule has 0 saturated carbocycles. The number of carbonyl (C=O) groups is 1. The van der Waals surface area contributed by atoms with Gasteiger partial charge in [-0.2, -0.15) is 5.10 Å². The van der Waals surface area contributed by atoms with Crippen molar-refractivity contribution < 1.29 is 4.79 Å². The molecule has 0 aliphatic carbocycles. The van der Waals surface area contributed by atoms with Gasteiger partial charge in [-0.3, -0.25) is 9.48 Å². The lowest BCUT2D eigenvalue weighted by atomic mass is 10.1. The van der Waals surface area contributed by atoms with Crippen molar-refractivity contribution in [1.29, 1.82) is 0 Å². The van der Waals surface area contributed by atoms with E-state index in [2.05, 4.69) is 5.10 Å². The maximum atomic E-state index is 12.0. The SMILES string of the molecule is CCn1ncc(Cl)c1CCC(=O)c1ccccc1. The molecular weight excluding hydrogens is 248 g/mol. The molecule has 0 atom stereocenters. The highest BCUT2D eigenvalue weighted by molar-refractivity contribution is 6.31. The van der Waals surface area contributed by atoms with Crippen molar-refractivity contribution in [2.24, 2.45) is 0 Å². The Labute approximate surface area is 111 Å². The van der Waals surface area contributed by atoms with Crippen molar-refractivity contribution in [3.63, 3.8) is 0 Å². The number of rotatable bonds is 5. The summed E-state index contributed by atoms with van der Waals surface area (Å²) >= 11 is 6.06. The van der Waals surface area contributed by atoms with Crippen LogP contribution >= 0.6 is 11.6 Å². The van der Waals surface area contributed by atoms with E-state index < -0.39 is 0 Å². The van der Waals surface area contributed by atoms with Gasteiger partial charge in [0.2, 0.25) is 0 Å². The van der Waals surface area contributed by atoms with E-state index in [0.29, 0.717) is 17.9 Å². The van der Waals surface area contributed by atoms with Gasteiger partial charge in [0.25, 0.3) is 0 Å². The minimum Gasteiger partial charge on any atom is -0.294 e. The predicted molar refractivity (Wildman–Crippen MR) is 72.0 cm³/mol. The van der Waals surface area contributed by atoms with E-state index in [0.717, 1.165) is 17.8 Å². The van der Waals surface area contributed by atoms with Crippen LogP contribution in [0.4, 0.5) is 0 Å². The topological polar surface area (TPSA) is 34.9 Å². The molecule has 4 heteroatoms.